The summed E-state index contributed by atoms with van der Waals surface area (Å²) in [7, 11) is -2.08. The van der Waals surface area contributed by atoms with Crippen molar-refractivity contribution in [3.63, 3.8) is 0 Å². The lowest BCUT2D eigenvalue weighted by molar-refractivity contribution is 0.0742. The van der Waals surface area contributed by atoms with Gasteiger partial charge in [0.2, 0.25) is 10.0 Å². The maximum atomic E-state index is 12.9. The summed E-state index contributed by atoms with van der Waals surface area (Å²) < 4.78 is 23.2. The lowest BCUT2D eigenvalue weighted by Gasteiger charge is -2.28. The van der Waals surface area contributed by atoms with E-state index in [-0.39, 0.29) is 16.8 Å². The highest BCUT2D eigenvalue weighted by Crippen LogP contribution is 2.24. The SMILES string of the molecule is CCN(c1ccc(C(=O)N(C)C(C)c2cccc(S(N)(=O)=O)c2)cc1)C(C)C. The van der Waals surface area contributed by atoms with Crippen LogP contribution in [0.3, 0.4) is 0 Å². The lowest BCUT2D eigenvalue weighted by Crippen LogP contribution is -2.31. The zero-order valence-corrected chi connectivity index (χ0v) is 17.9. The molecule has 0 fully saturated rings. The molecule has 0 aliphatic carbocycles. The largest absolute Gasteiger partial charge is 0.369 e. The summed E-state index contributed by atoms with van der Waals surface area (Å²) in [6.45, 7) is 9.11. The molecule has 2 N–H and O–H groups in total. The van der Waals surface area contributed by atoms with Gasteiger partial charge in [0.25, 0.3) is 5.91 Å². The topological polar surface area (TPSA) is 83.7 Å². The van der Waals surface area contributed by atoms with Gasteiger partial charge in [-0.25, -0.2) is 13.6 Å². The Balaban J connectivity index is 2.22. The molecule has 1 amide bonds. The normalized spacial score (nSPS) is 12.7. The molecule has 0 aliphatic rings. The minimum Gasteiger partial charge on any atom is -0.369 e. The third-order valence-corrected chi connectivity index (χ3v) is 5.89. The number of hydrogen-bond acceptors (Lipinski definition) is 4. The summed E-state index contributed by atoms with van der Waals surface area (Å²) in [5, 5.41) is 5.21. The molecule has 0 spiro atoms. The minimum atomic E-state index is -3.79. The molecule has 0 bridgehead atoms. The van der Waals surface area contributed by atoms with Crippen LogP contribution in [-0.4, -0.2) is 38.9 Å². The van der Waals surface area contributed by atoms with Crippen molar-refractivity contribution < 1.29 is 13.2 Å². The van der Waals surface area contributed by atoms with E-state index in [2.05, 4.69) is 25.7 Å². The van der Waals surface area contributed by atoms with E-state index in [1.807, 2.05) is 31.2 Å². The molecule has 1 unspecified atom stereocenters. The van der Waals surface area contributed by atoms with Crippen LogP contribution in [0.4, 0.5) is 5.69 Å². The van der Waals surface area contributed by atoms with Crippen molar-refractivity contribution in [2.45, 2.75) is 44.7 Å². The third kappa shape index (κ3) is 4.91. The number of sulfonamides is 1. The molecule has 0 saturated carbocycles. The fourth-order valence-corrected chi connectivity index (χ4v) is 3.76. The van der Waals surface area contributed by atoms with Gasteiger partial charge in [0, 0.05) is 30.9 Å². The molecule has 7 heteroatoms. The number of carbonyl (C=O) groups excluding carboxylic acids is 1. The molecule has 28 heavy (non-hydrogen) atoms. The summed E-state index contributed by atoms with van der Waals surface area (Å²) in [6, 6.07) is 14.0. The molecule has 0 heterocycles. The van der Waals surface area contributed by atoms with Crippen LogP contribution in [0, 0.1) is 0 Å². The smallest absolute Gasteiger partial charge is 0.254 e. The third-order valence-electron chi connectivity index (χ3n) is 4.98. The highest BCUT2D eigenvalue weighted by atomic mass is 32.2. The first-order valence-electron chi connectivity index (χ1n) is 9.32. The fraction of sp³-hybridized carbons (Fsp3) is 0.381. The predicted molar refractivity (Wildman–Crippen MR) is 113 cm³/mol. The summed E-state index contributed by atoms with van der Waals surface area (Å²) in [4.78, 5) is 16.8. The van der Waals surface area contributed by atoms with Gasteiger partial charge in [-0.2, -0.15) is 0 Å². The number of anilines is 1. The average Bonchev–Trinajstić information content (AvgIpc) is 2.66. The monoisotopic (exact) mass is 403 g/mol. The first-order valence-corrected chi connectivity index (χ1v) is 10.9. The van der Waals surface area contributed by atoms with Gasteiger partial charge < -0.3 is 9.80 Å². The van der Waals surface area contributed by atoms with Crippen LogP contribution in [-0.2, 0) is 10.0 Å². The van der Waals surface area contributed by atoms with E-state index in [1.165, 1.54) is 12.1 Å². The number of primary sulfonamides is 1. The van der Waals surface area contributed by atoms with Crippen LogP contribution < -0.4 is 10.0 Å². The summed E-state index contributed by atoms with van der Waals surface area (Å²) in [5.41, 5.74) is 2.36. The van der Waals surface area contributed by atoms with E-state index in [1.54, 1.807) is 24.1 Å². The van der Waals surface area contributed by atoms with Crippen molar-refractivity contribution in [2.75, 3.05) is 18.5 Å². The van der Waals surface area contributed by atoms with Gasteiger partial charge in [-0.15, -0.1) is 0 Å². The van der Waals surface area contributed by atoms with E-state index in [4.69, 9.17) is 5.14 Å². The number of nitrogens with zero attached hydrogens (tertiary/aromatic N) is 2. The van der Waals surface area contributed by atoms with Gasteiger partial charge >= 0.3 is 0 Å². The van der Waals surface area contributed by atoms with Crippen molar-refractivity contribution in [2.24, 2.45) is 5.14 Å². The first kappa shape index (κ1) is 21.9. The van der Waals surface area contributed by atoms with Crippen molar-refractivity contribution in [3.8, 4) is 0 Å². The van der Waals surface area contributed by atoms with Crippen LogP contribution in [0.15, 0.2) is 53.4 Å². The van der Waals surface area contributed by atoms with Crippen LogP contribution in [0.5, 0.6) is 0 Å². The van der Waals surface area contributed by atoms with Crippen molar-refractivity contribution in [1.29, 1.82) is 0 Å². The number of carbonyl (C=O) groups is 1. The molecule has 0 radical (unpaired) electrons. The van der Waals surface area contributed by atoms with Crippen LogP contribution in [0.25, 0.3) is 0 Å². The van der Waals surface area contributed by atoms with E-state index in [0.29, 0.717) is 17.2 Å². The van der Waals surface area contributed by atoms with E-state index < -0.39 is 10.0 Å². The first-order chi connectivity index (χ1) is 13.1. The molecule has 1 atom stereocenters. The molecular weight excluding hydrogens is 374 g/mol. The molecule has 6 nitrogen and oxygen atoms in total. The Morgan fingerprint density at radius 3 is 2.18 bits per heavy atom. The van der Waals surface area contributed by atoms with Gasteiger partial charge in [-0.1, -0.05) is 12.1 Å². The zero-order valence-electron chi connectivity index (χ0n) is 17.1. The number of hydrogen-bond donors (Lipinski definition) is 1. The van der Waals surface area contributed by atoms with Crippen LogP contribution in [0.1, 0.15) is 49.7 Å². The quantitative estimate of drug-likeness (QED) is 0.768. The summed E-state index contributed by atoms with van der Waals surface area (Å²) in [6.07, 6.45) is 0. The van der Waals surface area contributed by atoms with Crippen LogP contribution in [0.2, 0.25) is 0 Å². The van der Waals surface area contributed by atoms with Gasteiger partial charge in [0.15, 0.2) is 0 Å². The maximum Gasteiger partial charge on any atom is 0.254 e. The molecule has 152 valence electrons. The number of amides is 1. The Morgan fingerprint density at radius 1 is 1.07 bits per heavy atom. The van der Waals surface area contributed by atoms with Gasteiger partial charge in [-0.05, 0) is 69.7 Å². The number of benzene rings is 2. The molecule has 0 aliphatic heterocycles. The van der Waals surface area contributed by atoms with Gasteiger partial charge in [0.05, 0.1) is 10.9 Å². The molecular formula is C21H29N3O3S. The molecule has 0 aromatic heterocycles. The number of nitrogens with two attached hydrogens (primary N) is 1. The Bertz CT molecular complexity index is 924. The second-order valence-electron chi connectivity index (χ2n) is 7.14. The number of rotatable bonds is 7. The zero-order chi connectivity index (χ0) is 21.1. The Hall–Kier alpha value is -2.38. The van der Waals surface area contributed by atoms with E-state index in [9.17, 15) is 13.2 Å². The lowest BCUT2D eigenvalue weighted by atomic mass is 10.1. The standard InChI is InChI=1S/C21H29N3O3S/c1-6-24(15(2)3)19-12-10-17(11-13-19)21(25)23(5)16(4)18-8-7-9-20(14-18)28(22,26)27/h7-16H,6H2,1-5H3,(H2,22,26,27). The van der Waals surface area contributed by atoms with Crippen molar-refractivity contribution in [1.82, 2.24) is 4.90 Å². The average molecular weight is 404 g/mol. The Morgan fingerprint density at radius 2 is 1.68 bits per heavy atom. The molecule has 0 saturated heterocycles. The van der Waals surface area contributed by atoms with Crippen molar-refractivity contribution in [3.05, 3.63) is 59.7 Å². The predicted octanol–water partition coefficient (Wildman–Crippen LogP) is 3.40. The second-order valence-corrected chi connectivity index (χ2v) is 8.70. The summed E-state index contributed by atoms with van der Waals surface area (Å²) >= 11 is 0. The fourth-order valence-electron chi connectivity index (χ4n) is 3.20. The van der Waals surface area contributed by atoms with E-state index >= 15 is 0 Å². The highest BCUT2D eigenvalue weighted by molar-refractivity contribution is 7.89. The Labute approximate surface area is 168 Å². The summed E-state index contributed by atoms with van der Waals surface area (Å²) in [5.74, 6) is -0.132. The molecule has 2 aromatic rings. The second kappa shape index (κ2) is 8.75. The van der Waals surface area contributed by atoms with Gasteiger partial charge in [-0.3, -0.25) is 4.79 Å². The molecule has 2 aromatic carbocycles. The van der Waals surface area contributed by atoms with Gasteiger partial charge in [0.1, 0.15) is 0 Å². The van der Waals surface area contributed by atoms with Crippen LogP contribution >= 0.6 is 0 Å². The molecule has 2 rings (SSSR count). The van der Waals surface area contributed by atoms with Crippen molar-refractivity contribution >= 4 is 21.6 Å². The highest BCUT2D eigenvalue weighted by Gasteiger charge is 2.20. The Kier molecular flexibility index (Phi) is 6.85. The van der Waals surface area contributed by atoms with E-state index in [0.717, 1.165) is 12.2 Å². The maximum absolute atomic E-state index is 12.9. The minimum absolute atomic E-state index is 0.0374.